The van der Waals surface area contributed by atoms with Crippen molar-refractivity contribution in [1.29, 1.82) is 0 Å². The van der Waals surface area contributed by atoms with Crippen LogP contribution < -0.4 is 5.32 Å². The Morgan fingerprint density at radius 2 is 2.00 bits per heavy atom. The number of benzene rings is 1. The number of halogens is 1. The van der Waals surface area contributed by atoms with Crippen LogP contribution in [0.1, 0.15) is 38.2 Å². The van der Waals surface area contributed by atoms with E-state index in [0.717, 1.165) is 37.9 Å². The molecule has 0 aromatic heterocycles. The Morgan fingerprint density at radius 1 is 1.32 bits per heavy atom. The number of likely N-dealkylation sites (tertiary alicyclic amines) is 1. The highest BCUT2D eigenvalue weighted by Gasteiger charge is 2.21. The van der Waals surface area contributed by atoms with Crippen molar-refractivity contribution in [3.8, 4) is 0 Å². The number of nitrogens with zero attached hydrogens (tertiary/aromatic N) is 1. The molecule has 1 saturated heterocycles. The molecule has 120 valence electrons. The number of anilines is 1. The Morgan fingerprint density at radius 3 is 2.59 bits per heavy atom. The Bertz CT molecular complexity index is 552. The first-order valence-electron chi connectivity index (χ1n) is 7.77. The number of carbonyl (C=O) groups excluding carboxylic acids is 2. The SMILES string of the molecule is CC(=O)N1CCC(CCC(=O)Nc2ccc(F)cc2C)CC1. The molecule has 0 saturated carbocycles. The number of nitrogens with one attached hydrogen (secondary N) is 1. The quantitative estimate of drug-likeness (QED) is 0.929. The van der Waals surface area contributed by atoms with Gasteiger partial charge in [0.05, 0.1) is 0 Å². The highest BCUT2D eigenvalue weighted by atomic mass is 19.1. The van der Waals surface area contributed by atoms with Crippen molar-refractivity contribution in [1.82, 2.24) is 4.90 Å². The highest BCUT2D eigenvalue weighted by molar-refractivity contribution is 5.91. The van der Waals surface area contributed by atoms with Gasteiger partial charge in [-0.3, -0.25) is 9.59 Å². The summed E-state index contributed by atoms with van der Waals surface area (Å²) in [5, 5.41) is 2.83. The molecule has 1 aromatic carbocycles. The molecule has 5 heteroatoms. The topological polar surface area (TPSA) is 49.4 Å². The highest BCUT2D eigenvalue weighted by Crippen LogP contribution is 2.22. The molecule has 1 aliphatic rings. The van der Waals surface area contributed by atoms with Gasteiger partial charge in [0.25, 0.3) is 0 Å². The number of hydrogen-bond donors (Lipinski definition) is 1. The maximum atomic E-state index is 13.0. The molecule has 0 atom stereocenters. The fourth-order valence-corrected chi connectivity index (χ4v) is 2.85. The van der Waals surface area contributed by atoms with Crippen molar-refractivity contribution in [2.24, 2.45) is 5.92 Å². The van der Waals surface area contributed by atoms with E-state index < -0.39 is 0 Å². The third kappa shape index (κ3) is 4.55. The van der Waals surface area contributed by atoms with Gasteiger partial charge in [0.1, 0.15) is 5.82 Å². The van der Waals surface area contributed by atoms with E-state index in [1.165, 1.54) is 12.1 Å². The van der Waals surface area contributed by atoms with Gasteiger partial charge in [0, 0.05) is 32.1 Å². The first-order chi connectivity index (χ1) is 10.5. The molecule has 4 nitrogen and oxygen atoms in total. The zero-order valence-electron chi connectivity index (χ0n) is 13.2. The van der Waals surface area contributed by atoms with Crippen LogP contribution in [0.25, 0.3) is 0 Å². The van der Waals surface area contributed by atoms with Gasteiger partial charge in [0.2, 0.25) is 11.8 Å². The lowest BCUT2D eigenvalue weighted by Gasteiger charge is -2.31. The summed E-state index contributed by atoms with van der Waals surface area (Å²) in [4.78, 5) is 25.1. The Balaban J connectivity index is 1.75. The maximum absolute atomic E-state index is 13.0. The molecule has 1 aliphatic heterocycles. The van der Waals surface area contributed by atoms with Gasteiger partial charge in [-0.2, -0.15) is 0 Å². The predicted octanol–water partition coefficient (Wildman–Crippen LogP) is 3.11. The molecule has 0 spiro atoms. The van der Waals surface area contributed by atoms with E-state index >= 15 is 0 Å². The van der Waals surface area contributed by atoms with Crippen molar-refractivity contribution < 1.29 is 14.0 Å². The molecule has 2 amide bonds. The van der Waals surface area contributed by atoms with Crippen LogP contribution in [-0.4, -0.2) is 29.8 Å². The number of rotatable bonds is 4. The molecule has 0 aliphatic carbocycles. The van der Waals surface area contributed by atoms with E-state index in [-0.39, 0.29) is 17.6 Å². The van der Waals surface area contributed by atoms with E-state index in [9.17, 15) is 14.0 Å². The third-order valence-corrected chi connectivity index (χ3v) is 4.30. The van der Waals surface area contributed by atoms with Gasteiger partial charge < -0.3 is 10.2 Å². The average molecular weight is 306 g/mol. The van der Waals surface area contributed by atoms with E-state index in [1.54, 1.807) is 19.9 Å². The molecule has 2 rings (SSSR count). The lowest BCUT2D eigenvalue weighted by Crippen LogP contribution is -2.37. The monoisotopic (exact) mass is 306 g/mol. The number of piperidine rings is 1. The molecule has 1 heterocycles. The summed E-state index contributed by atoms with van der Waals surface area (Å²) in [6, 6.07) is 4.35. The maximum Gasteiger partial charge on any atom is 0.224 e. The number of hydrogen-bond acceptors (Lipinski definition) is 2. The van der Waals surface area contributed by atoms with Crippen LogP contribution in [0.3, 0.4) is 0 Å². The van der Waals surface area contributed by atoms with Gasteiger partial charge in [-0.05, 0) is 55.9 Å². The van der Waals surface area contributed by atoms with Gasteiger partial charge in [-0.15, -0.1) is 0 Å². The van der Waals surface area contributed by atoms with E-state index in [2.05, 4.69) is 5.32 Å². The van der Waals surface area contributed by atoms with Crippen molar-refractivity contribution in [2.45, 2.75) is 39.5 Å². The summed E-state index contributed by atoms with van der Waals surface area (Å²) in [5.74, 6) is 0.287. The lowest BCUT2D eigenvalue weighted by molar-refractivity contribution is -0.130. The molecule has 0 unspecified atom stereocenters. The van der Waals surface area contributed by atoms with Crippen LogP contribution in [0, 0.1) is 18.7 Å². The van der Waals surface area contributed by atoms with Crippen LogP contribution in [0.15, 0.2) is 18.2 Å². The normalized spacial score (nSPS) is 15.7. The summed E-state index contributed by atoms with van der Waals surface area (Å²) < 4.78 is 13.0. The van der Waals surface area contributed by atoms with Gasteiger partial charge in [-0.25, -0.2) is 4.39 Å². The lowest BCUT2D eigenvalue weighted by atomic mass is 9.92. The Kier molecular flexibility index (Phi) is 5.52. The molecule has 0 bridgehead atoms. The predicted molar refractivity (Wildman–Crippen MR) is 84.0 cm³/mol. The van der Waals surface area contributed by atoms with Gasteiger partial charge in [-0.1, -0.05) is 0 Å². The van der Waals surface area contributed by atoms with Gasteiger partial charge in [0.15, 0.2) is 0 Å². The first-order valence-corrected chi connectivity index (χ1v) is 7.77. The van der Waals surface area contributed by atoms with Crippen LogP contribution in [-0.2, 0) is 9.59 Å². The minimum atomic E-state index is -0.298. The second kappa shape index (κ2) is 7.38. The molecule has 1 fully saturated rings. The van der Waals surface area contributed by atoms with E-state index in [1.807, 2.05) is 4.90 Å². The molecular formula is C17H23FN2O2. The Labute approximate surface area is 130 Å². The number of amides is 2. The second-order valence-electron chi connectivity index (χ2n) is 6.00. The third-order valence-electron chi connectivity index (χ3n) is 4.30. The van der Waals surface area contributed by atoms with Crippen molar-refractivity contribution in [3.05, 3.63) is 29.6 Å². The van der Waals surface area contributed by atoms with E-state index in [0.29, 0.717) is 18.0 Å². The van der Waals surface area contributed by atoms with Crippen LogP contribution >= 0.6 is 0 Å². The standard InChI is InChI=1S/C17H23FN2O2/c1-12-11-15(18)4-5-16(12)19-17(22)6-3-14-7-9-20(10-8-14)13(2)21/h4-5,11,14H,3,6-10H2,1-2H3,(H,19,22). The Hall–Kier alpha value is -1.91. The van der Waals surface area contributed by atoms with Crippen LogP contribution in [0.5, 0.6) is 0 Å². The summed E-state index contributed by atoms with van der Waals surface area (Å²) in [6.07, 6.45) is 3.21. The zero-order chi connectivity index (χ0) is 16.1. The largest absolute Gasteiger partial charge is 0.343 e. The van der Waals surface area contributed by atoms with Crippen LogP contribution in [0.2, 0.25) is 0 Å². The zero-order valence-corrected chi connectivity index (χ0v) is 13.2. The fourth-order valence-electron chi connectivity index (χ4n) is 2.85. The molecule has 1 aromatic rings. The van der Waals surface area contributed by atoms with Crippen molar-refractivity contribution in [3.63, 3.8) is 0 Å². The number of carbonyl (C=O) groups is 2. The molecule has 0 radical (unpaired) electrons. The summed E-state index contributed by atoms with van der Waals surface area (Å²) in [5.41, 5.74) is 1.39. The van der Waals surface area contributed by atoms with Crippen molar-refractivity contribution in [2.75, 3.05) is 18.4 Å². The minimum Gasteiger partial charge on any atom is -0.343 e. The minimum absolute atomic E-state index is 0.0382. The second-order valence-corrected chi connectivity index (χ2v) is 6.00. The van der Waals surface area contributed by atoms with Crippen LogP contribution in [0.4, 0.5) is 10.1 Å². The average Bonchev–Trinajstić information content (AvgIpc) is 2.48. The molecular weight excluding hydrogens is 283 g/mol. The van der Waals surface area contributed by atoms with Crippen molar-refractivity contribution >= 4 is 17.5 Å². The first kappa shape index (κ1) is 16.5. The molecule has 1 N–H and O–H groups in total. The van der Waals surface area contributed by atoms with E-state index in [4.69, 9.17) is 0 Å². The molecule has 22 heavy (non-hydrogen) atoms. The fraction of sp³-hybridized carbons (Fsp3) is 0.529. The summed E-state index contributed by atoms with van der Waals surface area (Å²) in [7, 11) is 0. The smallest absolute Gasteiger partial charge is 0.224 e. The summed E-state index contributed by atoms with van der Waals surface area (Å²) >= 11 is 0. The van der Waals surface area contributed by atoms with Gasteiger partial charge >= 0.3 is 0 Å². The number of aryl methyl sites for hydroxylation is 1. The summed E-state index contributed by atoms with van der Waals surface area (Å²) in [6.45, 7) is 4.95.